The summed E-state index contributed by atoms with van der Waals surface area (Å²) < 4.78 is 28.2. The minimum absolute atomic E-state index is 0.0770. The fourth-order valence-electron chi connectivity index (χ4n) is 2.65. The molecule has 24 heavy (non-hydrogen) atoms. The molecule has 2 unspecified atom stereocenters. The second-order valence-electron chi connectivity index (χ2n) is 5.86. The third-order valence-electron chi connectivity index (χ3n) is 4.12. The summed E-state index contributed by atoms with van der Waals surface area (Å²) in [5.74, 6) is -1.06. The van der Waals surface area contributed by atoms with E-state index in [1.165, 1.54) is 6.07 Å². The second-order valence-corrected chi connectivity index (χ2v) is 5.86. The molecule has 0 spiro atoms. The number of nitrogens with zero attached hydrogens (tertiary/aromatic N) is 2. The molecule has 0 aliphatic heterocycles. The van der Waals surface area contributed by atoms with Gasteiger partial charge in [-0.25, -0.2) is 13.8 Å². The summed E-state index contributed by atoms with van der Waals surface area (Å²) in [4.78, 5) is 16.0. The Morgan fingerprint density at radius 3 is 2.83 bits per heavy atom. The van der Waals surface area contributed by atoms with Crippen LogP contribution in [0.25, 0.3) is 16.8 Å². The van der Waals surface area contributed by atoms with Crippen molar-refractivity contribution in [2.75, 3.05) is 11.1 Å². The molecule has 0 saturated heterocycles. The molecule has 3 aromatic rings. The lowest BCUT2D eigenvalue weighted by atomic mass is 10.1. The standard InChI is InChI=1S/C17H14F2N4O/c18-12-3-1-2-10(16(12)20)9-4-5-15-21-14(8-23(15)7-9)22-17(24)11-6-13(11)19/h1-5,7-8,11,13H,6,20H2,(H,22,24). The third kappa shape index (κ3) is 2.47. The van der Waals surface area contributed by atoms with Crippen molar-refractivity contribution >= 4 is 23.1 Å². The number of benzene rings is 1. The van der Waals surface area contributed by atoms with Crippen molar-refractivity contribution in [1.29, 1.82) is 0 Å². The number of pyridine rings is 1. The summed E-state index contributed by atoms with van der Waals surface area (Å²) in [6.07, 6.45) is 2.59. The van der Waals surface area contributed by atoms with Gasteiger partial charge in [0, 0.05) is 17.3 Å². The highest BCUT2D eigenvalue weighted by atomic mass is 19.1. The van der Waals surface area contributed by atoms with Gasteiger partial charge in [-0.05, 0) is 24.6 Å². The highest BCUT2D eigenvalue weighted by molar-refractivity contribution is 5.94. The number of hydrogen-bond acceptors (Lipinski definition) is 3. The van der Waals surface area contributed by atoms with Gasteiger partial charge in [0.15, 0.2) is 5.82 Å². The number of amides is 1. The molecule has 1 fully saturated rings. The van der Waals surface area contributed by atoms with Crippen LogP contribution in [0.2, 0.25) is 0 Å². The first-order valence-electron chi connectivity index (χ1n) is 7.51. The van der Waals surface area contributed by atoms with Gasteiger partial charge in [0.05, 0.1) is 17.8 Å². The van der Waals surface area contributed by atoms with Crippen LogP contribution < -0.4 is 11.1 Å². The van der Waals surface area contributed by atoms with E-state index in [0.29, 0.717) is 17.0 Å². The van der Waals surface area contributed by atoms with Gasteiger partial charge in [0.25, 0.3) is 0 Å². The van der Waals surface area contributed by atoms with E-state index in [1.54, 1.807) is 41.1 Å². The SMILES string of the molecule is Nc1c(F)cccc1-c1ccc2nc(NC(=O)C3CC3F)cn2c1. The van der Waals surface area contributed by atoms with Crippen LogP contribution in [0, 0.1) is 11.7 Å². The molecule has 5 nitrogen and oxygen atoms in total. The van der Waals surface area contributed by atoms with E-state index in [9.17, 15) is 13.6 Å². The first-order chi connectivity index (χ1) is 11.5. The highest BCUT2D eigenvalue weighted by Gasteiger charge is 2.43. The number of anilines is 2. The average Bonchev–Trinajstić information content (AvgIpc) is 3.15. The Morgan fingerprint density at radius 2 is 2.08 bits per heavy atom. The first-order valence-corrected chi connectivity index (χ1v) is 7.51. The number of aromatic nitrogens is 2. The van der Waals surface area contributed by atoms with Crippen molar-refractivity contribution in [1.82, 2.24) is 9.38 Å². The summed E-state index contributed by atoms with van der Waals surface area (Å²) in [6.45, 7) is 0. The van der Waals surface area contributed by atoms with Crippen molar-refractivity contribution in [3.05, 3.63) is 48.5 Å². The number of nitrogen functional groups attached to an aromatic ring is 1. The Morgan fingerprint density at radius 1 is 1.29 bits per heavy atom. The number of halogens is 2. The van der Waals surface area contributed by atoms with Crippen LogP contribution in [0.15, 0.2) is 42.7 Å². The zero-order valence-corrected chi connectivity index (χ0v) is 12.5. The van der Waals surface area contributed by atoms with Crippen molar-refractivity contribution in [3.8, 4) is 11.1 Å². The predicted octanol–water partition coefficient (Wildman–Crippen LogP) is 3.02. The van der Waals surface area contributed by atoms with Crippen molar-refractivity contribution in [2.45, 2.75) is 12.6 Å². The van der Waals surface area contributed by atoms with Crippen molar-refractivity contribution < 1.29 is 13.6 Å². The van der Waals surface area contributed by atoms with Gasteiger partial charge in [-0.15, -0.1) is 0 Å². The van der Waals surface area contributed by atoms with Crippen molar-refractivity contribution in [2.24, 2.45) is 5.92 Å². The molecule has 1 aliphatic rings. The number of carbonyl (C=O) groups is 1. The molecule has 0 radical (unpaired) electrons. The van der Waals surface area contributed by atoms with E-state index in [0.717, 1.165) is 5.56 Å². The Hall–Kier alpha value is -2.96. The maximum absolute atomic E-state index is 13.6. The maximum Gasteiger partial charge on any atom is 0.231 e. The molecule has 2 heterocycles. The molecular weight excluding hydrogens is 314 g/mol. The van der Waals surface area contributed by atoms with Gasteiger partial charge in [0.2, 0.25) is 5.91 Å². The fourth-order valence-corrected chi connectivity index (χ4v) is 2.65. The molecule has 1 aliphatic carbocycles. The van der Waals surface area contributed by atoms with Crippen LogP contribution in [0.5, 0.6) is 0 Å². The summed E-state index contributed by atoms with van der Waals surface area (Å²) in [5.41, 5.74) is 7.78. The van der Waals surface area contributed by atoms with Crippen LogP contribution in [-0.2, 0) is 4.79 Å². The first kappa shape index (κ1) is 14.6. The lowest BCUT2D eigenvalue weighted by Gasteiger charge is -2.07. The lowest BCUT2D eigenvalue weighted by Crippen LogP contribution is -2.15. The fraction of sp³-hybridized carbons (Fsp3) is 0.176. The van der Waals surface area contributed by atoms with E-state index >= 15 is 0 Å². The minimum atomic E-state index is -1.05. The summed E-state index contributed by atoms with van der Waals surface area (Å²) in [5, 5.41) is 2.61. The Labute approximate surface area is 136 Å². The maximum atomic E-state index is 13.6. The van der Waals surface area contributed by atoms with E-state index in [-0.39, 0.29) is 18.0 Å². The van der Waals surface area contributed by atoms with Gasteiger partial charge in [-0.2, -0.15) is 0 Å². The van der Waals surface area contributed by atoms with E-state index < -0.39 is 17.9 Å². The Kier molecular flexibility index (Phi) is 3.23. The average molecular weight is 328 g/mol. The van der Waals surface area contributed by atoms with E-state index in [2.05, 4.69) is 10.3 Å². The largest absolute Gasteiger partial charge is 0.396 e. The number of hydrogen-bond donors (Lipinski definition) is 2. The number of imidazole rings is 1. The molecule has 7 heteroatoms. The van der Waals surface area contributed by atoms with Gasteiger partial charge in [-0.1, -0.05) is 12.1 Å². The summed E-state index contributed by atoms with van der Waals surface area (Å²) >= 11 is 0. The third-order valence-corrected chi connectivity index (χ3v) is 4.12. The lowest BCUT2D eigenvalue weighted by molar-refractivity contribution is -0.117. The molecule has 122 valence electrons. The Balaban J connectivity index is 1.66. The molecular formula is C17H14F2N4O. The molecule has 4 rings (SSSR count). The second kappa shape index (κ2) is 5.30. The molecule has 0 bridgehead atoms. The van der Waals surface area contributed by atoms with Gasteiger partial charge >= 0.3 is 0 Å². The molecule has 1 saturated carbocycles. The van der Waals surface area contributed by atoms with E-state index in [4.69, 9.17) is 5.73 Å². The smallest absolute Gasteiger partial charge is 0.231 e. The minimum Gasteiger partial charge on any atom is -0.396 e. The number of para-hydroxylation sites is 1. The highest BCUT2D eigenvalue weighted by Crippen LogP contribution is 2.34. The van der Waals surface area contributed by atoms with Crippen LogP contribution >= 0.6 is 0 Å². The number of carbonyl (C=O) groups excluding carboxylic acids is 1. The molecule has 3 N–H and O–H groups in total. The number of nitrogens with two attached hydrogens (primary N) is 1. The quantitative estimate of drug-likeness (QED) is 0.726. The normalized spacial score (nSPS) is 19.4. The number of rotatable bonds is 3. The molecule has 2 atom stereocenters. The number of fused-ring (bicyclic) bond motifs is 1. The summed E-state index contributed by atoms with van der Waals surface area (Å²) in [6, 6.07) is 8.14. The predicted molar refractivity (Wildman–Crippen MR) is 86.6 cm³/mol. The van der Waals surface area contributed by atoms with E-state index in [1.807, 2.05) is 0 Å². The zero-order chi connectivity index (χ0) is 16.8. The van der Waals surface area contributed by atoms with Crippen molar-refractivity contribution in [3.63, 3.8) is 0 Å². The van der Waals surface area contributed by atoms with Gasteiger partial charge < -0.3 is 15.5 Å². The monoisotopic (exact) mass is 328 g/mol. The zero-order valence-electron chi connectivity index (χ0n) is 12.5. The van der Waals surface area contributed by atoms with Crippen LogP contribution in [0.3, 0.4) is 0 Å². The topological polar surface area (TPSA) is 72.4 Å². The van der Waals surface area contributed by atoms with Crippen LogP contribution in [0.1, 0.15) is 6.42 Å². The molecule has 1 amide bonds. The van der Waals surface area contributed by atoms with Crippen LogP contribution in [-0.4, -0.2) is 21.5 Å². The molecule has 1 aromatic carbocycles. The summed E-state index contributed by atoms with van der Waals surface area (Å²) in [7, 11) is 0. The van der Waals surface area contributed by atoms with Crippen LogP contribution in [0.4, 0.5) is 20.3 Å². The Bertz CT molecular complexity index is 953. The molecule has 2 aromatic heterocycles. The number of nitrogens with one attached hydrogen (secondary N) is 1. The van der Waals surface area contributed by atoms with Gasteiger partial charge in [0.1, 0.15) is 17.6 Å². The number of alkyl halides is 1. The van der Waals surface area contributed by atoms with Gasteiger partial charge in [-0.3, -0.25) is 4.79 Å².